The van der Waals surface area contributed by atoms with E-state index in [4.69, 9.17) is 0 Å². The second kappa shape index (κ2) is 9.61. The molecule has 0 saturated carbocycles. The van der Waals surface area contributed by atoms with Crippen LogP contribution in [0.2, 0.25) is 0 Å². The first kappa shape index (κ1) is 23.6. The molecule has 3 heterocycles. The molecule has 1 aliphatic carbocycles. The summed E-state index contributed by atoms with van der Waals surface area (Å²) in [4.78, 5) is 34.8. The molecule has 2 amide bonds. The molecule has 1 aromatic heterocycles. The van der Waals surface area contributed by atoms with Crippen molar-refractivity contribution < 1.29 is 14.0 Å². The van der Waals surface area contributed by atoms with Gasteiger partial charge in [-0.1, -0.05) is 18.2 Å². The zero-order valence-electron chi connectivity index (χ0n) is 20.8. The first-order chi connectivity index (χ1) is 18.0. The van der Waals surface area contributed by atoms with Gasteiger partial charge in [-0.25, -0.2) is 4.39 Å². The van der Waals surface area contributed by atoms with E-state index in [-0.39, 0.29) is 22.9 Å². The first-order valence-corrected chi connectivity index (χ1v) is 13.1. The fourth-order valence-electron chi connectivity index (χ4n) is 6.26. The van der Waals surface area contributed by atoms with E-state index in [1.54, 1.807) is 12.1 Å². The van der Waals surface area contributed by atoms with Crippen molar-refractivity contribution in [2.75, 3.05) is 31.1 Å². The fourth-order valence-corrected chi connectivity index (χ4v) is 6.26. The second-order valence-corrected chi connectivity index (χ2v) is 10.6. The van der Waals surface area contributed by atoms with E-state index in [0.717, 1.165) is 69.4 Å². The summed E-state index contributed by atoms with van der Waals surface area (Å²) in [6.45, 7) is 3.56. The number of pyridine rings is 1. The Labute approximate surface area is 216 Å². The highest BCUT2D eigenvalue weighted by Gasteiger charge is 2.42. The number of nitrogens with zero attached hydrogens (tertiary/aromatic N) is 3. The van der Waals surface area contributed by atoms with Gasteiger partial charge in [-0.05, 0) is 85.0 Å². The van der Waals surface area contributed by atoms with E-state index < -0.39 is 11.7 Å². The van der Waals surface area contributed by atoms with Crippen molar-refractivity contribution in [1.82, 2.24) is 15.2 Å². The Hall–Kier alpha value is -3.74. The predicted molar refractivity (Wildman–Crippen MR) is 140 cm³/mol. The average molecular weight is 499 g/mol. The molecule has 0 bridgehead atoms. The fraction of sp³-hybridized carbons (Fsp3) is 0.367. The van der Waals surface area contributed by atoms with Crippen LogP contribution in [0.5, 0.6) is 0 Å². The molecule has 2 saturated heterocycles. The smallest absolute Gasteiger partial charge is 0.254 e. The number of halogens is 1. The molecule has 2 aromatic carbocycles. The highest BCUT2D eigenvalue weighted by molar-refractivity contribution is 5.96. The van der Waals surface area contributed by atoms with Crippen LogP contribution in [0, 0.1) is 11.2 Å². The van der Waals surface area contributed by atoms with Crippen molar-refractivity contribution in [2.24, 2.45) is 5.41 Å². The van der Waals surface area contributed by atoms with Gasteiger partial charge in [0.15, 0.2) is 0 Å². The number of carbonyl (C=O) groups excluding carboxylic acids is 2. The molecular weight excluding hydrogens is 467 g/mol. The van der Waals surface area contributed by atoms with Crippen LogP contribution >= 0.6 is 0 Å². The average Bonchev–Trinajstić information content (AvgIpc) is 3.53. The molecule has 1 spiro atoms. The van der Waals surface area contributed by atoms with Crippen LogP contribution in [0.1, 0.15) is 63.6 Å². The summed E-state index contributed by atoms with van der Waals surface area (Å²) < 4.78 is 14.1. The predicted octanol–water partition coefficient (Wildman–Crippen LogP) is 4.77. The van der Waals surface area contributed by atoms with Gasteiger partial charge in [0, 0.05) is 49.8 Å². The van der Waals surface area contributed by atoms with Crippen molar-refractivity contribution in [3.63, 3.8) is 0 Å². The van der Waals surface area contributed by atoms with E-state index >= 15 is 0 Å². The lowest BCUT2D eigenvalue weighted by Gasteiger charge is -2.40. The molecule has 0 radical (unpaired) electrons. The molecule has 1 atom stereocenters. The Bertz CT molecular complexity index is 1320. The van der Waals surface area contributed by atoms with Gasteiger partial charge in [0.05, 0.1) is 11.6 Å². The number of carbonyl (C=O) groups is 2. The summed E-state index contributed by atoms with van der Waals surface area (Å²) in [5.74, 6) is -0.897. The summed E-state index contributed by atoms with van der Waals surface area (Å²) >= 11 is 0. The van der Waals surface area contributed by atoms with Crippen molar-refractivity contribution >= 4 is 17.5 Å². The molecule has 3 aromatic rings. The lowest BCUT2D eigenvalue weighted by atomic mass is 9.77. The highest BCUT2D eigenvalue weighted by atomic mass is 19.1. The van der Waals surface area contributed by atoms with E-state index in [2.05, 4.69) is 27.3 Å². The molecule has 3 aliphatic rings. The van der Waals surface area contributed by atoms with Gasteiger partial charge >= 0.3 is 0 Å². The zero-order chi connectivity index (χ0) is 25.4. The maximum absolute atomic E-state index is 14.1. The molecular formula is C30H31FN4O2. The molecule has 2 fully saturated rings. The maximum Gasteiger partial charge on any atom is 0.254 e. The van der Waals surface area contributed by atoms with Gasteiger partial charge < -0.3 is 15.1 Å². The minimum atomic E-state index is -0.531. The minimum Gasteiger partial charge on any atom is -0.371 e. The Kier molecular flexibility index (Phi) is 6.14. The summed E-state index contributed by atoms with van der Waals surface area (Å²) in [6.07, 6.45) is 8.43. The lowest BCUT2D eigenvalue weighted by molar-refractivity contribution is 0.0764. The lowest BCUT2D eigenvalue weighted by Crippen LogP contribution is -2.42. The zero-order valence-corrected chi connectivity index (χ0v) is 20.8. The number of hydrogen-bond acceptors (Lipinski definition) is 4. The number of anilines is 1. The molecule has 190 valence electrons. The molecule has 6 nitrogen and oxygen atoms in total. The standard InChI is InChI=1S/C30H31FN4O2/c31-26-4-2-1-3-24(26)28(36)33-27-8-7-21-5-6-22(19-25(21)27)29(37)35-18-13-30(20-35)11-16-34(17-12-30)23-9-14-32-15-10-23/h1-6,9-10,14-15,19,27H,7-8,11-13,16-18,20H2,(H,33,36). The topological polar surface area (TPSA) is 65.5 Å². The number of rotatable bonds is 4. The van der Waals surface area contributed by atoms with Crippen LogP contribution in [0.25, 0.3) is 0 Å². The summed E-state index contributed by atoms with van der Waals surface area (Å²) in [6, 6.07) is 15.8. The third-order valence-corrected chi connectivity index (χ3v) is 8.47. The van der Waals surface area contributed by atoms with Crippen LogP contribution in [-0.2, 0) is 6.42 Å². The number of benzene rings is 2. The molecule has 6 rings (SSSR count). The number of amides is 2. The van der Waals surface area contributed by atoms with Crippen molar-refractivity contribution in [3.8, 4) is 0 Å². The number of fused-ring (bicyclic) bond motifs is 1. The number of nitrogens with one attached hydrogen (secondary N) is 1. The van der Waals surface area contributed by atoms with Crippen molar-refractivity contribution in [1.29, 1.82) is 0 Å². The number of piperidine rings is 1. The van der Waals surface area contributed by atoms with Gasteiger partial charge in [0.1, 0.15) is 5.82 Å². The van der Waals surface area contributed by atoms with Gasteiger partial charge in [0.25, 0.3) is 11.8 Å². The third-order valence-electron chi connectivity index (χ3n) is 8.47. The third kappa shape index (κ3) is 4.59. The second-order valence-electron chi connectivity index (χ2n) is 10.6. The Balaban J connectivity index is 1.12. The summed E-state index contributed by atoms with van der Waals surface area (Å²) in [5.41, 5.74) is 4.21. The SMILES string of the molecule is O=C(NC1CCc2ccc(C(=O)N3CCC4(CCN(c5ccncc5)CC4)C3)cc21)c1ccccc1F. The summed E-state index contributed by atoms with van der Waals surface area (Å²) in [5, 5.41) is 2.98. The number of aromatic nitrogens is 1. The monoisotopic (exact) mass is 498 g/mol. The van der Waals surface area contributed by atoms with Gasteiger partial charge in [0.2, 0.25) is 0 Å². The van der Waals surface area contributed by atoms with Gasteiger partial charge in [-0.3, -0.25) is 14.6 Å². The first-order valence-electron chi connectivity index (χ1n) is 13.1. The van der Waals surface area contributed by atoms with Crippen LogP contribution in [-0.4, -0.2) is 47.9 Å². The van der Waals surface area contributed by atoms with Gasteiger partial charge in [-0.2, -0.15) is 0 Å². The van der Waals surface area contributed by atoms with Crippen LogP contribution < -0.4 is 10.2 Å². The quantitative estimate of drug-likeness (QED) is 0.563. The number of likely N-dealkylation sites (tertiary alicyclic amines) is 1. The Morgan fingerprint density at radius 3 is 2.51 bits per heavy atom. The van der Waals surface area contributed by atoms with E-state index in [1.807, 2.05) is 35.5 Å². The largest absolute Gasteiger partial charge is 0.371 e. The van der Waals surface area contributed by atoms with E-state index in [1.165, 1.54) is 17.8 Å². The maximum atomic E-state index is 14.1. The van der Waals surface area contributed by atoms with E-state index in [9.17, 15) is 14.0 Å². The number of aryl methyl sites for hydroxylation is 1. The number of hydrogen-bond donors (Lipinski definition) is 1. The van der Waals surface area contributed by atoms with Crippen LogP contribution in [0.4, 0.5) is 10.1 Å². The van der Waals surface area contributed by atoms with E-state index in [0.29, 0.717) is 5.56 Å². The Morgan fingerprint density at radius 2 is 1.73 bits per heavy atom. The molecule has 7 heteroatoms. The Morgan fingerprint density at radius 1 is 0.973 bits per heavy atom. The minimum absolute atomic E-state index is 0.0422. The van der Waals surface area contributed by atoms with Crippen molar-refractivity contribution in [3.05, 3.63) is 95.1 Å². The summed E-state index contributed by atoms with van der Waals surface area (Å²) in [7, 11) is 0. The van der Waals surface area contributed by atoms with Crippen molar-refractivity contribution in [2.45, 2.75) is 38.1 Å². The molecule has 2 aliphatic heterocycles. The molecule has 37 heavy (non-hydrogen) atoms. The molecule has 1 unspecified atom stereocenters. The van der Waals surface area contributed by atoms with Crippen LogP contribution in [0.15, 0.2) is 67.0 Å². The van der Waals surface area contributed by atoms with Crippen LogP contribution in [0.3, 0.4) is 0 Å². The normalized spacial score (nSPS) is 20.2. The highest BCUT2D eigenvalue weighted by Crippen LogP contribution is 2.42. The van der Waals surface area contributed by atoms with Gasteiger partial charge in [-0.15, -0.1) is 0 Å². The molecule has 1 N–H and O–H groups in total.